The lowest BCUT2D eigenvalue weighted by molar-refractivity contribution is -0.122. The molecule has 25 heavy (non-hydrogen) atoms. The molecular weight excluding hydrogens is 326 g/mol. The third-order valence-electron chi connectivity index (χ3n) is 4.51. The van der Waals surface area contributed by atoms with Crippen LogP contribution in [0.2, 0.25) is 0 Å². The normalized spacial score (nSPS) is 24.3. The highest BCUT2D eigenvalue weighted by molar-refractivity contribution is 5.94. The molecule has 2 aliphatic rings. The Morgan fingerprint density at radius 2 is 2.08 bits per heavy atom. The van der Waals surface area contributed by atoms with Crippen LogP contribution in [0.15, 0.2) is 18.3 Å². The van der Waals surface area contributed by atoms with Crippen LogP contribution < -0.4 is 5.32 Å². The predicted molar refractivity (Wildman–Crippen MR) is 88.7 cm³/mol. The summed E-state index contributed by atoms with van der Waals surface area (Å²) in [5.74, 6) is -0.310. The van der Waals surface area contributed by atoms with E-state index < -0.39 is 6.23 Å². The standard InChI is InChI=1S/C16H23N5O4/c1-18-9-19(2)16(24)20(10-18)8-11(22)7-13-15(25-3)17-14(23)12-5-4-6-21(12)13/h4-6,13,15H,7-10H2,1-3H3,(H,17,23)/t13-,15-/m1/s1. The Labute approximate surface area is 146 Å². The van der Waals surface area contributed by atoms with Gasteiger partial charge in [0, 0.05) is 26.8 Å². The summed E-state index contributed by atoms with van der Waals surface area (Å²) in [4.78, 5) is 41.9. The molecular formula is C16H23N5O4. The molecule has 1 N–H and O–H groups in total. The summed E-state index contributed by atoms with van der Waals surface area (Å²) >= 11 is 0. The van der Waals surface area contributed by atoms with Crippen molar-refractivity contribution >= 4 is 17.7 Å². The highest BCUT2D eigenvalue weighted by Crippen LogP contribution is 2.25. The molecule has 0 aliphatic carbocycles. The topological polar surface area (TPSA) is 87.1 Å². The van der Waals surface area contributed by atoms with E-state index in [0.717, 1.165) is 0 Å². The van der Waals surface area contributed by atoms with Gasteiger partial charge in [-0.05, 0) is 19.2 Å². The van der Waals surface area contributed by atoms with Crippen molar-refractivity contribution in [1.29, 1.82) is 0 Å². The van der Waals surface area contributed by atoms with Crippen molar-refractivity contribution in [2.24, 2.45) is 0 Å². The number of hydrogen-bond donors (Lipinski definition) is 1. The van der Waals surface area contributed by atoms with E-state index in [4.69, 9.17) is 4.74 Å². The maximum Gasteiger partial charge on any atom is 0.322 e. The van der Waals surface area contributed by atoms with E-state index in [1.807, 2.05) is 11.9 Å². The van der Waals surface area contributed by atoms with Crippen molar-refractivity contribution in [3.8, 4) is 0 Å². The van der Waals surface area contributed by atoms with E-state index >= 15 is 0 Å². The molecule has 3 rings (SSSR count). The van der Waals surface area contributed by atoms with Crippen molar-refractivity contribution in [3.63, 3.8) is 0 Å². The number of aromatic nitrogens is 1. The zero-order valence-corrected chi connectivity index (χ0v) is 14.6. The lowest BCUT2D eigenvalue weighted by Gasteiger charge is -2.39. The molecule has 1 fully saturated rings. The number of amides is 3. The van der Waals surface area contributed by atoms with Gasteiger partial charge in [0.25, 0.3) is 5.91 Å². The van der Waals surface area contributed by atoms with Crippen LogP contribution in [0.1, 0.15) is 23.0 Å². The van der Waals surface area contributed by atoms with Crippen molar-refractivity contribution in [1.82, 2.24) is 24.6 Å². The van der Waals surface area contributed by atoms with E-state index in [-0.39, 0.29) is 36.7 Å². The van der Waals surface area contributed by atoms with Crippen molar-refractivity contribution in [2.45, 2.75) is 18.7 Å². The van der Waals surface area contributed by atoms with Gasteiger partial charge in [0.1, 0.15) is 5.69 Å². The maximum absolute atomic E-state index is 12.6. The summed E-state index contributed by atoms with van der Waals surface area (Å²) < 4.78 is 7.11. The third kappa shape index (κ3) is 3.38. The highest BCUT2D eigenvalue weighted by Gasteiger charge is 2.35. The quantitative estimate of drug-likeness (QED) is 0.803. The average Bonchev–Trinajstić information content (AvgIpc) is 3.05. The smallest absolute Gasteiger partial charge is 0.322 e. The number of carbonyl (C=O) groups is 3. The summed E-state index contributed by atoms with van der Waals surface area (Å²) in [5, 5.41) is 2.76. The Balaban J connectivity index is 1.71. The van der Waals surface area contributed by atoms with Gasteiger partial charge in [-0.2, -0.15) is 0 Å². The minimum absolute atomic E-state index is 0.0327. The fourth-order valence-corrected chi connectivity index (χ4v) is 3.43. The lowest BCUT2D eigenvalue weighted by atomic mass is 10.1. The number of ketones is 1. The molecule has 2 aliphatic heterocycles. The van der Waals surface area contributed by atoms with Gasteiger partial charge in [0.2, 0.25) is 0 Å². The second kappa shape index (κ2) is 6.85. The summed E-state index contributed by atoms with van der Waals surface area (Å²) in [6.45, 7) is 0.987. The monoisotopic (exact) mass is 349 g/mol. The van der Waals surface area contributed by atoms with Gasteiger partial charge in [0.05, 0.1) is 25.9 Å². The fraction of sp³-hybridized carbons (Fsp3) is 0.562. The summed E-state index contributed by atoms with van der Waals surface area (Å²) in [6.07, 6.45) is 1.35. The van der Waals surface area contributed by atoms with Gasteiger partial charge in [-0.3, -0.25) is 14.5 Å². The van der Waals surface area contributed by atoms with Gasteiger partial charge in [0.15, 0.2) is 12.0 Å². The molecule has 0 unspecified atom stereocenters. The summed E-state index contributed by atoms with van der Waals surface area (Å²) in [7, 11) is 5.10. The van der Waals surface area contributed by atoms with Crippen LogP contribution >= 0.6 is 0 Å². The molecule has 136 valence electrons. The second-order valence-corrected chi connectivity index (χ2v) is 6.56. The van der Waals surface area contributed by atoms with Crippen LogP contribution in [-0.2, 0) is 9.53 Å². The number of Topliss-reactive ketones (excluding diaryl/α,β-unsaturated/α-hetero) is 1. The third-order valence-corrected chi connectivity index (χ3v) is 4.51. The van der Waals surface area contributed by atoms with E-state index in [9.17, 15) is 14.4 Å². The highest BCUT2D eigenvalue weighted by atomic mass is 16.5. The van der Waals surface area contributed by atoms with Gasteiger partial charge >= 0.3 is 6.03 Å². The van der Waals surface area contributed by atoms with Crippen molar-refractivity contribution in [3.05, 3.63) is 24.0 Å². The lowest BCUT2D eigenvalue weighted by Crippen LogP contribution is -2.56. The first-order valence-electron chi connectivity index (χ1n) is 8.11. The van der Waals surface area contributed by atoms with Crippen LogP contribution in [0.3, 0.4) is 0 Å². The zero-order chi connectivity index (χ0) is 18.1. The molecule has 9 heteroatoms. The molecule has 1 saturated heterocycles. The van der Waals surface area contributed by atoms with Gasteiger partial charge < -0.3 is 24.4 Å². The molecule has 0 aromatic carbocycles. The Morgan fingerprint density at radius 3 is 2.80 bits per heavy atom. The molecule has 3 heterocycles. The second-order valence-electron chi connectivity index (χ2n) is 6.56. The summed E-state index contributed by atoms with van der Waals surface area (Å²) in [6, 6.07) is 2.98. The zero-order valence-electron chi connectivity index (χ0n) is 14.6. The molecule has 3 amide bonds. The number of rotatable bonds is 5. The van der Waals surface area contributed by atoms with Gasteiger partial charge in [-0.25, -0.2) is 4.79 Å². The number of methoxy groups -OCH3 is 1. The number of carbonyl (C=O) groups excluding carboxylic acids is 3. The van der Waals surface area contributed by atoms with E-state index in [2.05, 4.69) is 5.32 Å². The molecule has 2 atom stereocenters. The molecule has 9 nitrogen and oxygen atoms in total. The molecule has 1 aromatic rings. The SMILES string of the molecule is CO[C@H]1NC(=O)c2cccn2[C@@H]1CC(=O)CN1CN(C)CN(C)C1=O. The van der Waals surface area contributed by atoms with Crippen LogP contribution in [0.4, 0.5) is 4.79 Å². The largest absolute Gasteiger partial charge is 0.359 e. The predicted octanol–water partition coefficient (Wildman–Crippen LogP) is -0.0815. The number of nitrogens with one attached hydrogen (secondary N) is 1. The van der Waals surface area contributed by atoms with E-state index in [1.165, 1.54) is 12.0 Å². The molecule has 1 aromatic heterocycles. The Morgan fingerprint density at radius 1 is 1.32 bits per heavy atom. The van der Waals surface area contributed by atoms with Crippen molar-refractivity contribution in [2.75, 3.05) is 41.1 Å². The first kappa shape index (κ1) is 17.4. The van der Waals surface area contributed by atoms with Crippen LogP contribution in [-0.4, -0.2) is 84.3 Å². The average molecular weight is 349 g/mol. The molecule has 0 bridgehead atoms. The number of nitrogens with zero attached hydrogens (tertiary/aromatic N) is 4. The Hall–Kier alpha value is -2.39. The maximum atomic E-state index is 12.6. The number of hydrogen-bond acceptors (Lipinski definition) is 5. The van der Waals surface area contributed by atoms with E-state index in [0.29, 0.717) is 19.0 Å². The minimum atomic E-state index is -0.584. The van der Waals surface area contributed by atoms with Crippen molar-refractivity contribution < 1.29 is 19.1 Å². The van der Waals surface area contributed by atoms with Crippen LogP contribution in [0.25, 0.3) is 0 Å². The summed E-state index contributed by atoms with van der Waals surface area (Å²) in [5.41, 5.74) is 0.500. The number of fused-ring (bicyclic) bond motifs is 1. The molecule has 0 radical (unpaired) electrons. The van der Waals surface area contributed by atoms with E-state index in [1.54, 1.807) is 34.8 Å². The Bertz CT molecular complexity index is 688. The number of ether oxygens (including phenoxy) is 1. The number of urea groups is 1. The van der Waals surface area contributed by atoms with Gasteiger partial charge in [-0.15, -0.1) is 0 Å². The molecule has 0 spiro atoms. The fourth-order valence-electron chi connectivity index (χ4n) is 3.43. The van der Waals surface area contributed by atoms with Crippen LogP contribution in [0.5, 0.6) is 0 Å². The van der Waals surface area contributed by atoms with Gasteiger partial charge in [-0.1, -0.05) is 0 Å². The first-order valence-corrected chi connectivity index (χ1v) is 8.11. The Kier molecular flexibility index (Phi) is 4.78. The minimum Gasteiger partial charge on any atom is -0.359 e. The first-order chi connectivity index (χ1) is 11.9. The van der Waals surface area contributed by atoms with Crippen LogP contribution in [0, 0.1) is 0 Å². The molecule has 0 saturated carbocycles.